The number of nitrogens with zero attached hydrogens (tertiary/aromatic N) is 1. The van der Waals surface area contributed by atoms with Crippen LogP contribution in [-0.4, -0.2) is 18.1 Å². The molecule has 2 aromatic rings. The van der Waals surface area contributed by atoms with Crippen LogP contribution >= 0.6 is 0 Å². The van der Waals surface area contributed by atoms with Gasteiger partial charge in [0.15, 0.2) is 0 Å². The first-order valence-corrected chi connectivity index (χ1v) is 7.35. The monoisotopic (exact) mass is 284 g/mol. The van der Waals surface area contributed by atoms with Crippen molar-refractivity contribution < 1.29 is 17.9 Å². The van der Waals surface area contributed by atoms with Crippen LogP contribution in [0, 0.1) is 0 Å². The molecule has 0 unspecified atom stereocenters. The van der Waals surface area contributed by atoms with Gasteiger partial charge in [-0.25, -0.2) is 13.1 Å². The number of aliphatic hydroxyl groups excluding tert-OH is 1. The molecule has 0 amide bonds. The molecule has 7 heteroatoms. The van der Waals surface area contributed by atoms with E-state index in [1.54, 1.807) is 10.6 Å². The summed E-state index contributed by atoms with van der Waals surface area (Å²) in [6.45, 7) is 2.47. The first kappa shape index (κ1) is 13.9. The zero-order valence-corrected chi connectivity index (χ0v) is 11.4. The fourth-order valence-corrected chi connectivity index (χ4v) is 2.83. The van der Waals surface area contributed by atoms with E-state index in [2.05, 4.69) is 4.72 Å². The minimum absolute atomic E-state index is 0.155. The minimum Gasteiger partial charge on any atom is -0.472 e. The fourth-order valence-electron chi connectivity index (χ4n) is 1.75. The summed E-state index contributed by atoms with van der Waals surface area (Å²) in [7, 11) is -3.58. The Bertz CT molecular complexity index is 607. The van der Waals surface area contributed by atoms with E-state index in [1.165, 1.54) is 24.8 Å². The van der Waals surface area contributed by atoms with Crippen LogP contribution < -0.4 is 4.72 Å². The standard InChI is InChI=1S/C12H16N2O4S/c1-2-14-7-12(5-11(14)8-15)19(16,17)13-6-10-3-4-18-9-10/h3-5,7,9,13,15H,2,6,8H2,1H3. The SMILES string of the molecule is CCn1cc(S(=O)(=O)NCc2ccoc2)cc1CO. The third kappa shape index (κ3) is 3.06. The van der Waals surface area contributed by atoms with E-state index in [4.69, 9.17) is 9.52 Å². The molecule has 104 valence electrons. The number of hydrogen-bond acceptors (Lipinski definition) is 4. The number of nitrogens with one attached hydrogen (secondary N) is 1. The van der Waals surface area contributed by atoms with Gasteiger partial charge in [-0.3, -0.25) is 0 Å². The molecular formula is C12H16N2O4S. The first-order chi connectivity index (χ1) is 9.06. The van der Waals surface area contributed by atoms with Crippen molar-refractivity contribution in [3.05, 3.63) is 42.1 Å². The van der Waals surface area contributed by atoms with Crippen molar-refractivity contribution >= 4 is 10.0 Å². The van der Waals surface area contributed by atoms with Crippen molar-refractivity contribution in [1.29, 1.82) is 0 Å². The second kappa shape index (κ2) is 5.60. The zero-order valence-electron chi connectivity index (χ0n) is 10.5. The Morgan fingerprint density at radius 2 is 2.26 bits per heavy atom. The molecule has 0 fully saturated rings. The lowest BCUT2D eigenvalue weighted by atomic mass is 10.4. The van der Waals surface area contributed by atoms with E-state index in [-0.39, 0.29) is 18.0 Å². The van der Waals surface area contributed by atoms with Crippen molar-refractivity contribution in [1.82, 2.24) is 9.29 Å². The molecule has 0 radical (unpaired) electrons. The average molecular weight is 284 g/mol. The van der Waals surface area contributed by atoms with Gasteiger partial charge in [0.25, 0.3) is 0 Å². The largest absolute Gasteiger partial charge is 0.472 e. The van der Waals surface area contributed by atoms with Crippen molar-refractivity contribution in [2.75, 3.05) is 0 Å². The van der Waals surface area contributed by atoms with E-state index >= 15 is 0 Å². The number of aliphatic hydroxyl groups is 1. The number of aryl methyl sites for hydroxylation is 1. The second-order valence-electron chi connectivity index (χ2n) is 4.07. The van der Waals surface area contributed by atoms with Crippen molar-refractivity contribution in [3.8, 4) is 0 Å². The quantitative estimate of drug-likeness (QED) is 0.831. The summed E-state index contributed by atoms with van der Waals surface area (Å²) in [5.74, 6) is 0. The van der Waals surface area contributed by atoms with Crippen molar-refractivity contribution in [2.45, 2.75) is 31.5 Å². The Kier molecular flexibility index (Phi) is 4.08. The van der Waals surface area contributed by atoms with Crippen LogP contribution in [0.5, 0.6) is 0 Å². The van der Waals surface area contributed by atoms with Crippen LogP contribution in [-0.2, 0) is 29.7 Å². The minimum atomic E-state index is -3.58. The topological polar surface area (TPSA) is 84.5 Å². The lowest BCUT2D eigenvalue weighted by Crippen LogP contribution is -2.22. The summed E-state index contributed by atoms with van der Waals surface area (Å²) >= 11 is 0. The molecule has 0 aliphatic heterocycles. The highest BCUT2D eigenvalue weighted by molar-refractivity contribution is 7.89. The molecule has 0 aliphatic carbocycles. The van der Waals surface area contributed by atoms with Crippen LogP contribution in [0.15, 0.2) is 40.2 Å². The smallest absolute Gasteiger partial charge is 0.242 e. The molecule has 2 N–H and O–H groups in total. The number of sulfonamides is 1. The Labute approximate surface area is 111 Å². The molecule has 0 aromatic carbocycles. The number of furan rings is 1. The highest BCUT2D eigenvalue weighted by Gasteiger charge is 2.17. The lowest BCUT2D eigenvalue weighted by molar-refractivity contribution is 0.271. The van der Waals surface area contributed by atoms with Gasteiger partial charge in [-0.15, -0.1) is 0 Å². The van der Waals surface area contributed by atoms with Crippen LogP contribution in [0.1, 0.15) is 18.2 Å². The highest BCUT2D eigenvalue weighted by Crippen LogP contribution is 2.15. The molecule has 2 heterocycles. The molecule has 2 aromatic heterocycles. The number of hydrogen-bond donors (Lipinski definition) is 2. The number of rotatable bonds is 6. The number of aromatic nitrogens is 1. The Balaban J connectivity index is 2.17. The highest BCUT2D eigenvalue weighted by atomic mass is 32.2. The van der Waals surface area contributed by atoms with Gasteiger partial charge in [0.2, 0.25) is 10.0 Å². The van der Waals surface area contributed by atoms with E-state index in [0.29, 0.717) is 12.2 Å². The average Bonchev–Trinajstić information content (AvgIpc) is 3.05. The summed E-state index contributed by atoms with van der Waals surface area (Å²) in [4.78, 5) is 0.155. The van der Waals surface area contributed by atoms with E-state index in [1.807, 2.05) is 6.92 Å². The molecule has 19 heavy (non-hydrogen) atoms. The lowest BCUT2D eigenvalue weighted by Gasteiger charge is -2.03. The maximum atomic E-state index is 12.1. The van der Waals surface area contributed by atoms with Gasteiger partial charge in [0, 0.05) is 30.5 Å². The first-order valence-electron chi connectivity index (χ1n) is 5.87. The fraction of sp³-hybridized carbons (Fsp3) is 0.333. The Hall–Kier alpha value is -1.57. The molecule has 6 nitrogen and oxygen atoms in total. The molecule has 0 atom stereocenters. The third-order valence-corrected chi connectivity index (χ3v) is 4.19. The van der Waals surface area contributed by atoms with Gasteiger partial charge in [-0.05, 0) is 19.1 Å². The molecule has 0 spiro atoms. The summed E-state index contributed by atoms with van der Waals surface area (Å²) in [5.41, 5.74) is 1.33. The van der Waals surface area contributed by atoms with Gasteiger partial charge < -0.3 is 14.1 Å². The van der Waals surface area contributed by atoms with Crippen LogP contribution in [0.3, 0.4) is 0 Å². The molecule has 2 rings (SSSR count). The van der Waals surface area contributed by atoms with Crippen LogP contribution in [0.4, 0.5) is 0 Å². The van der Waals surface area contributed by atoms with Crippen LogP contribution in [0.25, 0.3) is 0 Å². The van der Waals surface area contributed by atoms with Gasteiger partial charge in [0.1, 0.15) is 0 Å². The van der Waals surface area contributed by atoms with Gasteiger partial charge in [0.05, 0.1) is 24.0 Å². The molecule has 0 aliphatic rings. The van der Waals surface area contributed by atoms with Gasteiger partial charge in [-0.2, -0.15) is 0 Å². The molecule has 0 bridgehead atoms. The summed E-state index contributed by atoms with van der Waals surface area (Å²) in [6, 6.07) is 3.17. The van der Waals surface area contributed by atoms with Crippen molar-refractivity contribution in [3.63, 3.8) is 0 Å². The van der Waals surface area contributed by atoms with E-state index in [9.17, 15) is 8.42 Å². The van der Waals surface area contributed by atoms with Crippen LogP contribution in [0.2, 0.25) is 0 Å². The van der Waals surface area contributed by atoms with E-state index in [0.717, 1.165) is 5.56 Å². The normalized spacial score (nSPS) is 11.9. The zero-order chi connectivity index (χ0) is 13.9. The molecule has 0 saturated heterocycles. The summed E-state index contributed by atoms with van der Waals surface area (Å²) in [6.07, 6.45) is 4.49. The summed E-state index contributed by atoms with van der Waals surface area (Å²) < 4.78 is 33.2. The molecular weight excluding hydrogens is 268 g/mol. The van der Waals surface area contributed by atoms with Crippen molar-refractivity contribution in [2.24, 2.45) is 0 Å². The van der Waals surface area contributed by atoms with Gasteiger partial charge >= 0.3 is 0 Å². The maximum Gasteiger partial charge on any atom is 0.242 e. The molecule has 0 saturated carbocycles. The Morgan fingerprint density at radius 1 is 1.47 bits per heavy atom. The second-order valence-corrected chi connectivity index (χ2v) is 5.83. The predicted octanol–water partition coefficient (Wildman–Crippen LogP) is 1.07. The van der Waals surface area contributed by atoms with E-state index < -0.39 is 10.0 Å². The third-order valence-electron chi connectivity index (χ3n) is 2.82. The maximum absolute atomic E-state index is 12.1. The van der Waals surface area contributed by atoms with Gasteiger partial charge in [-0.1, -0.05) is 0 Å². The summed E-state index contributed by atoms with van der Waals surface area (Å²) in [5, 5.41) is 9.16. The Morgan fingerprint density at radius 3 is 2.79 bits per heavy atom. The predicted molar refractivity (Wildman–Crippen MR) is 68.8 cm³/mol.